The fraction of sp³-hybridized carbons (Fsp3) is 0.250. The number of carbonyl (C=O) groups excluding carboxylic acids is 3. The zero-order valence-corrected chi connectivity index (χ0v) is 15.0. The van der Waals surface area contributed by atoms with Crippen LogP contribution in [0.3, 0.4) is 0 Å². The fourth-order valence-electron chi connectivity index (χ4n) is 2.44. The maximum Gasteiger partial charge on any atom is 0.339 e. The van der Waals surface area contributed by atoms with Crippen molar-refractivity contribution in [3.8, 4) is 0 Å². The molecule has 0 aromatic heterocycles. The summed E-state index contributed by atoms with van der Waals surface area (Å²) >= 11 is 5.85. The Labute approximate surface area is 156 Å². The van der Waals surface area contributed by atoms with Gasteiger partial charge in [0.1, 0.15) is 0 Å². The van der Waals surface area contributed by atoms with E-state index >= 15 is 0 Å². The molecule has 1 aliphatic rings. The Morgan fingerprint density at radius 2 is 1.65 bits per heavy atom. The van der Waals surface area contributed by atoms with Crippen LogP contribution in [0.4, 0.5) is 0 Å². The van der Waals surface area contributed by atoms with Crippen molar-refractivity contribution in [2.75, 3.05) is 0 Å². The van der Waals surface area contributed by atoms with E-state index < -0.39 is 12.1 Å². The standard InChI is InChI=1S/C20H18ClNO4/c1-12(19(24)22-15-10-11-15)26-20(25)17-5-3-2-4-16(17)18(23)13-6-8-14(21)9-7-13/h2-9,12,15H,10-11H2,1H3,(H,22,24)/t12-/m0/s1. The van der Waals surface area contributed by atoms with E-state index in [0.717, 1.165) is 12.8 Å². The van der Waals surface area contributed by atoms with Crippen LogP contribution in [0, 0.1) is 0 Å². The first-order chi connectivity index (χ1) is 12.5. The van der Waals surface area contributed by atoms with Gasteiger partial charge in [-0.3, -0.25) is 9.59 Å². The zero-order valence-electron chi connectivity index (χ0n) is 14.2. The molecule has 1 amide bonds. The lowest BCUT2D eigenvalue weighted by Gasteiger charge is -2.14. The highest BCUT2D eigenvalue weighted by Gasteiger charge is 2.28. The first kappa shape index (κ1) is 18.1. The summed E-state index contributed by atoms with van der Waals surface area (Å²) in [5.41, 5.74) is 0.752. The summed E-state index contributed by atoms with van der Waals surface area (Å²) in [6.07, 6.45) is 0.970. The molecule has 1 saturated carbocycles. The quantitative estimate of drug-likeness (QED) is 0.624. The van der Waals surface area contributed by atoms with Crippen molar-refractivity contribution in [2.24, 2.45) is 0 Å². The van der Waals surface area contributed by atoms with Crippen LogP contribution < -0.4 is 5.32 Å². The van der Waals surface area contributed by atoms with E-state index in [1.807, 2.05) is 0 Å². The lowest BCUT2D eigenvalue weighted by molar-refractivity contribution is -0.129. The van der Waals surface area contributed by atoms with Gasteiger partial charge < -0.3 is 10.1 Å². The summed E-state index contributed by atoms with van der Waals surface area (Å²) in [5.74, 6) is -1.35. The molecule has 1 fully saturated rings. The van der Waals surface area contributed by atoms with Gasteiger partial charge in [-0.1, -0.05) is 29.8 Å². The van der Waals surface area contributed by atoms with Crippen LogP contribution in [-0.4, -0.2) is 29.8 Å². The van der Waals surface area contributed by atoms with E-state index in [4.69, 9.17) is 16.3 Å². The summed E-state index contributed by atoms with van der Waals surface area (Å²) in [6, 6.07) is 13.0. The Morgan fingerprint density at radius 3 is 2.27 bits per heavy atom. The second-order valence-corrected chi connectivity index (χ2v) is 6.65. The molecular weight excluding hydrogens is 354 g/mol. The Morgan fingerprint density at radius 1 is 1.04 bits per heavy atom. The summed E-state index contributed by atoms with van der Waals surface area (Å²) in [5, 5.41) is 3.30. The van der Waals surface area contributed by atoms with Crippen LogP contribution in [0.1, 0.15) is 46.0 Å². The number of ether oxygens (including phenoxy) is 1. The molecule has 3 rings (SSSR count). The number of amides is 1. The Bertz CT molecular complexity index is 843. The molecule has 1 atom stereocenters. The summed E-state index contributed by atoms with van der Waals surface area (Å²) in [6.45, 7) is 1.51. The van der Waals surface area contributed by atoms with Gasteiger partial charge in [0.2, 0.25) is 0 Å². The van der Waals surface area contributed by atoms with Crippen molar-refractivity contribution in [1.29, 1.82) is 0 Å². The maximum atomic E-state index is 12.7. The molecule has 5 nitrogen and oxygen atoms in total. The molecule has 26 heavy (non-hydrogen) atoms. The SMILES string of the molecule is C[C@H](OC(=O)c1ccccc1C(=O)c1ccc(Cl)cc1)C(=O)NC1CC1. The number of ketones is 1. The van der Waals surface area contributed by atoms with Gasteiger partial charge in [0.25, 0.3) is 5.91 Å². The third kappa shape index (κ3) is 4.29. The van der Waals surface area contributed by atoms with Crippen LogP contribution in [0.5, 0.6) is 0 Å². The summed E-state index contributed by atoms with van der Waals surface area (Å²) < 4.78 is 5.25. The second kappa shape index (κ2) is 7.70. The predicted octanol–water partition coefficient (Wildman–Crippen LogP) is 3.39. The molecule has 1 N–H and O–H groups in total. The molecule has 1 aliphatic carbocycles. The Hall–Kier alpha value is -2.66. The minimum Gasteiger partial charge on any atom is -0.449 e. The average Bonchev–Trinajstić information content (AvgIpc) is 3.45. The van der Waals surface area contributed by atoms with E-state index in [9.17, 15) is 14.4 Å². The van der Waals surface area contributed by atoms with Crippen molar-refractivity contribution in [2.45, 2.75) is 31.9 Å². The van der Waals surface area contributed by atoms with Gasteiger partial charge in [0.15, 0.2) is 11.9 Å². The van der Waals surface area contributed by atoms with E-state index in [0.29, 0.717) is 10.6 Å². The summed E-state index contributed by atoms with van der Waals surface area (Å²) in [4.78, 5) is 37.2. The third-order valence-corrected chi connectivity index (χ3v) is 4.33. The molecule has 0 bridgehead atoms. The molecule has 0 heterocycles. The number of nitrogens with one attached hydrogen (secondary N) is 1. The molecule has 0 saturated heterocycles. The van der Waals surface area contributed by atoms with Gasteiger partial charge in [0, 0.05) is 22.2 Å². The molecule has 2 aromatic carbocycles. The Balaban J connectivity index is 1.77. The number of hydrogen-bond acceptors (Lipinski definition) is 4. The number of carbonyl (C=O) groups is 3. The molecule has 2 aromatic rings. The van der Waals surface area contributed by atoms with Gasteiger partial charge in [0.05, 0.1) is 5.56 Å². The smallest absolute Gasteiger partial charge is 0.339 e. The van der Waals surface area contributed by atoms with Gasteiger partial charge in [-0.2, -0.15) is 0 Å². The first-order valence-corrected chi connectivity index (χ1v) is 8.74. The highest BCUT2D eigenvalue weighted by atomic mass is 35.5. The molecule has 0 unspecified atom stereocenters. The van der Waals surface area contributed by atoms with Crippen molar-refractivity contribution in [3.05, 3.63) is 70.2 Å². The van der Waals surface area contributed by atoms with Crippen LogP contribution >= 0.6 is 11.6 Å². The van der Waals surface area contributed by atoms with Gasteiger partial charge in [-0.25, -0.2) is 4.79 Å². The van der Waals surface area contributed by atoms with Crippen molar-refractivity contribution in [1.82, 2.24) is 5.32 Å². The predicted molar refractivity (Wildman–Crippen MR) is 97.4 cm³/mol. The molecule has 0 spiro atoms. The number of rotatable bonds is 6. The van der Waals surface area contributed by atoms with Crippen LogP contribution in [0.15, 0.2) is 48.5 Å². The Kier molecular flexibility index (Phi) is 5.38. The molecular formula is C20H18ClNO4. The van der Waals surface area contributed by atoms with E-state index in [1.165, 1.54) is 13.0 Å². The van der Waals surface area contributed by atoms with Crippen molar-refractivity contribution >= 4 is 29.3 Å². The summed E-state index contributed by atoms with van der Waals surface area (Å²) in [7, 11) is 0. The monoisotopic (exact) mass is 371 g/mol. The molecule has 6 heteroatoms. The number of halogens is 1. The fourth-order valence-corrected chi connectivity index (χ4v) is 2.57. The largest absolute Gasteiger partial charge is 0.449 e. The van der Waals surface area contributed by atoms with Crippen molar-refractivity contribution < 1.29 is 19.1 Å². The normalized spacial score (nSPS) is 14.4. The lowest BCUT2D eigenvalue weighted by atomic mass is 9.98. The highest BCUT2D eigenvalue weighted by Crippen LogP contribution is 2.20. The van der Waals surface area contributed by atoms with E-state index in [1.54, 1.807) is 42.5 Å². The molecule has 0 radical (unpaired) electrons. The van der Waals surface area contributed by atoms with Gasteiger partial charge in [-0.15, -0.1) is 0 Å². The average molecular weight is 372 g/mol. The van der Waals surface area contributed by atoms with Crippen molar-refractivity contribution in [3.63, 3.8) is 0 Å². The minimum atomic E-state index is -0.929. The maximum absolute atomic E-state index is 12.7. The number of hydrogen-bond donors (Lipinski definition) is 1. The minimum absolute atomic E-state index is 0.124. The second-order valence-electron chi connectivity index (χ2n) is 6.21. The zero-order chi connectivity index (χ0) is 18.7. The molecule has 0 aliphatic heterocycles. The highest BCUT2D eigenvalue weighted by molar-refractivity contribution is 6.30. The first-order valence-electron chi connectivity index (χ1n) is 8.36. The van der Waals surface area contributed by atoms with Gasteiger partial charge >= 0.3 is 5.97 Å². The number of benzene rings is 2. The third-order valence-electron chi connectivity index (χ3n) is 4.07. The van der Waals surface area contributed by atoms with Gasteiger partial charge in [-0.05, 0) is 50.1 Å². The van der Waals surface area contributed by atoms with Crippen LogP contribution in [-0.2, 0) is 9.53 Å². The van der Waals surface area contributed by atoms with E-state index in [-0.39, 0.29) is 28.9 Å². The topological polar surface area (TPSA) is 72.5 Å². The lowest BCUT2D eigenvalue weighted by Crippen LogP contribution is -2.37. The molecule has 134 valence electrons. The van der Waals surface area contributed by atoms with E-state index in [2.05, 4.69) is 5.32 Å². The van der Waals surface area contributed by atoms with Crippen LogP contribution in [0.25, 0.3) is 0 Å². The van der Waals surface area contributed by atoms with Crippen LogP contribution in [0.2, 0.25) is 5.02 Å². The number of esters is 1.